The Balaban J connectivity index is -0.000000325. The fourth-order valence-electron chi connectivity index (χ4n) is 8.44. The molecule has 28 N–H and O–H groups in total. The molecule has 0 saturated heterocycles. The number of unbranched alkanes of at least 4 members (excludes halogenated alkanes) is 1. The van der Waals surface area contributed by atoms with E-state index in [2.05, 4.69) is 29.3 Å². The molecule has 0 amide bonds. The molecule has 1 aromatic rings. The number of nitrogens with one attached hydrogen (secondary N) is 1. The van der Waals surface area contributed by atoms with Crippen LogP contribution >= 0.6 is 0 Å². The van der Waals surface area contributed by atoms with Gasteiger partial charge in [0.05, 0.1) is 115 Å². The molecule has 0 aromatic heterocycles. The number of nitrogens with two attached hydrogens (primary N) is 5. The summed E-state index contributed by atoms with van der Waals surface area (Å²) in [6.45, 7) is 24.3. The Hall–Kier alpha value is -1.78. The standard InChI is InChI=1S/C15H26N2O.C13H28O3.C11H24N2O3.C9H21NO3.C8H19NO2.C6H15NO3.C5H13NO2/c1-14(2,16)12(10-13(18)15(3,4)17)11-8-6-5-7-9-11;1-12(2,9-14)7-5-11(16)6-8-13(3,4)10-15;12-10(4-2-1-3-5-10)6-13-11(7-14,8-15)9-16;1-8(2,10)3-4-9(5-11,6-12)7-13;1-2-3-4-9(5-7-10)6-8-11;1-7(2)6(3-8,4-9)5-10;1-2-5(6,3-7)4-8/h5-9,12-13,18H,10,16-17H2,1-4H3;11,14-16H,5-10H2,1-4H3;13-16H,1-9,12H2;11-13H,3-7,10H2,1-2H3;10-11H,2-8H2,1H3;8-10H,3-5H2,1-2H3;7-8H,2-4,6H2,1H3. The van der Waals surface area contributed by atoms with E-state index >= 15 is 0 Å². The molecule has 0 heterocycles. The van der Waals surface area contributed by atoms with Gasteiger partial charge in [-0.1, -0.05) is 97.6 Å². The predicted octanol–water partition coefficient (Wildman–Crippen LogP) is -0.224. The van der Waals surface area contributed by atoms with Crippen LogP contribution in [0.3, 0.4) is 0 Å². The minimum absolute atomic E-state index is 0.0801. The van der Waals surface area contributed by atoms with Gasteiger partial charge in [0.25, 0.3) is 0 Å². The molecular weight excluding hydrogens is 1190 g/mol. The first kappa shape index (κ1) is 98.9. The molecule has 25 heteroatoms. The van der Waals surface area contributed by atoms with E-state index < -0.39 is 39.2 Å². The molecule has 2 atom stereocenters. The van der Waals surface area contributed by atoms with Crippen molar-refractivity contribution in [1.29, 1.82) is 0 Å². The molecule has 0 radical (unpaired) electrons. The SMILES string of the molecule is CC(C)(CO)CCC(O)CCC(C)(C)CO.CC(C)(N)C(O)CC(c1ccccc1)C(C)(C)N.CC(C)(N)CCC(CO)(CO)CO.CCC(N)(CO)CO.CCCCN(CCO)CCO.CN(C)C(CO)(CO)CO.NC1(CNC(CO)(CO)CO)CCCCC1. The molecule has 25 nitrogen and oxygen atoms in total. The Labute approximate surface area is 556 Å². The molecule has 1 fully saturated rings. The molecule has 0 aliphatic heterocycles. The highest BCUT2D eigenvalue weighted by atomic mass is 16.3. The smallest absolute Gasteiger partial charge is 0.0901 e. The summed E-state index contributed by atoms with van der Waals surface area (Å²) in [7, 11) is 3.39. The Morgan fingerprint density at radius 2 is 0.946 bits per heavy atom. The van der Waals surface area contributed by atoms with Crippen molar-refractivity contribution in [3.63, 3.8) is 0 Å². The van der Waals surface area contributed by atoms with Crippen molar-refractivity contribution < 1.29 is 86.8 Å². The van der Waals surface area contributed by atoms with E-state index in [1.807, 2.05) is 94.4 Å². The molecule has 556 valence electrons. The number of likely N-dealkylation sites (N-methyl/N-ethyl adjacent to an activating group) is 1. The van der Waals surface area contributed by atoms with Crippen LogP contribution in [0.15, 0.2) is 30.3 Å². The summed E-state index contributed by atoms with van der Waals surface area (Å²) < 4.78 is 0. The summed E-state index contributed by atoms with van der Waals surface area (Å²) in [5.74, 6) is 0.0801. The maximum absolute atomic E-state index is 10.2. The van der Waals surface area contributed by atoms with E-state index in [4.69, 9.17) is 105 Å². The van der Waals surface area contributed by atoms with E-state index in [1.165, 1.54) is 6.42 Å². The highest BCUT2D eigenvalue weighted by Crippen LogP contribution is 2.33. The van der Waals surface area contributed by atoms with E-state index in [0.29, 0.717) is 45.3 Å². The van der Waals surface area contributed by atoms with Crippen molar-refractivity contribution >= 4 is 0 Å². The van der Waals surface area contributed by atoms with Gasteiger partial charge in [-0.15, -0.1) is 0 Å². The maximum Gasteiger partial charge on any atom is 0.0901 e. The highest BCUT2D eigenvalue weighted by molar-refractivity contribution is 5.23. The molecule has 92 heavy (non-hydrogen) atoms. The normalized spacial score (nSPS) is 14.8. The first-order chi connectivity index (χ1) is 42.5. The Bertz CT molecular complexity index is 1750. The summed E-state index contributed by atoms with van der Waals surface area (Å²) in [6.07, 6.45) is 12.2. The van der Waals surface area contributed by atoms with Crippen molar-refractivity contribution in [2.75, 3.05) is 139 Å². The summed E-state index contributed by atoms with van der Waals surface area (Å²) in [5.41, 5.74) is 25.5. The molecule has 1 aliphatic rings. The number of hydrogen-bond donors (Lipinski definition) is 23. The molecule has 1 aliphatic carbocycles. The van der Waals surface area contributed by atoms with Crippen LogP contribution in [0, 0.1) is 16.2 Å². The second-order valence-corrected chi connectivity index (χ2v) is 29.5. The molecule has 0 bridgehead atoms. The quantitative estimate of drug-likeness (QED) is 0.0405. The first-order valence-electron chi connectivity index (χ1n) is 33.1. The highest BCUT2D eigenvalue weighted by Gasteiger charge is 2.36. The molecule has 1 aromatic carbocycles. The van der Waals surface area contributed by atoms with Gasteiger partial charge in [-0.2, -0.15) is 0 Å². The lowest BCUT2D eigenvalue weighted by atomic mass is 9.76. The number of rotatable bonds is 39. The summed E-state index contributed by atoms with van der Waals surface area (Å²) in [5, 5.41) is 156. The summed E-state index contributed by atoms with van der Waals surface area (Å²) in [4.78, 5) is 3.68. The third kappa shape index (κ3) is 46.4. The minimum Gasteiger partial charge on any atom is -0.396 e. The van der Waals surface area contributed by atoms with Gasteiger partial charge in [-0.3, -0.25) is 9.80 Å². The van der Waals surface area contributed by atoms with E-state index in [9.17, 15) is 10.2 Å². The summed E-state index contributed by atoms with van der Waals surface area (Å²) in [6, 6.07) is 10.1. The number of aliphatic hydroxyl groups is 17. The summed E-state index contributed by atoms with van der Waals surface area (Å²) >= 11 is 0. The van der Waals surface area contributed by atoms with Crippen LogP contribution in [0.25, 0.3) is 0 Å². The minimum atomic E-state index is -1.01. The van der Waals surface area contributed by atoms with Crippen LogP contribution < -0.4 is 34.0 Å². The van der Waals surface area contributed by atoms with E-state index in [-0.39, 0.29) is 133 Å². The topological polar surface area (TPSA) is 493 Å². The third-order valence-electron chi connectivity index (χ3n) is 17.3. The number of aliphatic hydroxyl groups excluding tert-OH is 17. The molecule has 1 saturated carbocycles. The van der Waals surface area contributed by atoms with Gasteiger partial charge in [0.2, 0.25) is 0 Å². The third-order valence-corrected chi connectivity index (χ3v) is 17.3. The fourth-order valence-corrected chi connectivity index (χ4v) is 8.44. The second-order valence-electron chi connectivity index (χ2n) is 29.5. The van der Waals surface area contributed by atoms with Gasteiger partial charge in [-0.05, 0) is 149 Å². The van der Waals surface area contributed by atoms with Crippen molar-refractivity contribution in [2.45, 2.75) is 236 Å². The zero-order chi connectivity index (χ0) is 72.7. The van der Waals surface area contributed by atoms with Gasteiger partial charge >= 0.3 is 0 Å². The maximum atomic E-state index is 10.2. The average molecular weight is 1340 g/mol. The Morgan fingerprint density at radius 1 is 0.522 bits per heavy atom. The van der Waals surface area contributed by atoms with Crippen LogP contribution in [0.2, 0.25) is 0 Å². The van der Waals surface area contributed by atoms with E-state index in [1.54, 1.807) is 19.0 Å². The molecule has 2 rings (SSSR count). The van der Waals surface area contributed by atoms with Gasteiger partial charge in [-0.25, -0.2) is 0 Å². The monoisotopic (exact) mass is 1340 g/mol. The predicted molar refractivity (Wildman–Crippen MR) is 370 cm³/mol. The van der Waals surface area contributed by atoms with Gasteiger partial charge in [0, 0.05) is 66.3 Å². The van der Waals surface area contributed by atoms with Crippen LogP contribution in [-0.2, 0) is 0 Å². The van der Waals surface area contributed by atoms with Gasteiger partial charge in [0.15, 0.2) is 0 Å². The van der Waals surface area contributed by atoms with Crippen molar-refractivity contribution in [3.05, 3.63) is 35.9 Å². The zero-order valence-corrected chi connectivity index (χ0v) is 60.0. The van der Waals surface area contributed by atoms with Crippen LogP contribution in [-0.4, -0.2) is 287 Å². The fraction of sp³-hybridized carbons (Fsp3) is 0.910. The molecular formula is C67H146N8O17. The van der Waals surface area contributed by atoms with Gasteiger partial charge < -0.3 is 121 Å². The van der Waals surface area contributed by atoms with Gasteiger partial charge in [0.1, 0.15) is 0 Å². The lowest BCUT2D eigenvalue weighted by Crippen LogP contribution is -2.61. The second kappa shape index (κ2) is 51.4. The van der Waals surface area contributed by atoms with Crippen LogP contribution in [0.5, 0.6) is 0 Å². The van der Waals surface area contributed by atoms with Crippen LogP contribution in [0.1, 0.15) is 191 Å². The zero-order valence-electron chi connectivity index (χ0n) is 60.0. The van der Waals surface area contributed by atoms with E-state index in [0.717, 1.165) is 76.3 Å². The van der Waals surface area contributed by atoms with Crippen LogP contribution in [0.4, 0.5) is 0 Å². The largest absolute Gasteiger partial charge is 0.396 e. The number of hydrogen-bond acceptors (Lipinski definition) is 25. The Kier molecular flexibility index (Phi) is 55.3. The Morgan fingerprint density at radius 3 is 1.22 bits per heavy atom. The lowest BCUT2D eigenvalue weighted by Gasteiger charge is -2.38. The molecule has 0 spiro atoms. The first-order valence-corrected chi connectivity index (χ1v) is 33.1. The van der Waals surface area contributed by atoms with Crippen molar-refractivity contribution in [1.82, 2.24) is 15.1 Å². The van der Waals surface area contributed by atoms with Crippen molar-refractivity contribution in [2.24, 2.45) is 44.9 Å². The molecule has 2 unspecified atom stereocenters. The number of nitrogens with zero attached hydrogens (tertiary/aromatic N) is 2. The van der Waals surface area contributed by atoms with Crippen molar-refractivity contribution in [3.8, 4) is 0 Å². The average Bonchev–Trinajstić information content (AvgIpc) is 1.17. The number of benzene rings is 1. The lowest BCUT2D eigenvalue weighted by molar-refractivity contribution is -0.0224.